The molecular formula is C11H12FN3O4S. The molecule has 0 atom stereocenters. The van der Waals surface area contributed by atoms with E-state index in [2.05, 4.69) is 4.72 Å². The molecule has 1 aromatic rings. The molecule has 0 aromatic heterocycles. The van der Waals surface area contributed by atoms with E-state index in [0.717, 1.165) is 12.1 Å². The van der Waals surface area contributed by atoms with Crippen molar-refractivity contribution in [3.63, 3.8) is 0 Å². The zero-order valence-corrected chi connectivity index (χ0v) is 11.2. The monoisotopic (exact) mass is 301 g/mol. The Labute approximate surface area is 115 Å². The van der Waals surface area contributed by atoms with Crippen molar-refractivity contribution in [2.45, 2.75) is 24.2 Å². The summed E-state index contributed by atoms with van der Waals surface area (Å²) in [5.74, 6) is -1.18. The van der Waals surface area contributed by atoms with Gasteiger partial charge in [-0.15, -0.1) is 0 Å². The third kappa shape index (κ3) is 4.25. The standard InChI is InChI=1S/C11H12FN3O4S/c12-10-8-9(15(16)17)4-5-11(10)20(18,19)14-7-3-1-2-6-13/h4-5,8,14H,1-3,7H2. The molecule has 20 heavy (non-hydrogen) atoms. The number of non-ortho nitro benzene ring substituents is 1. The summed E-state index contributed by atoms with van der Waals surface area (Å²) in [5.41, 5.74) is -0.518. The van der Waals surface area contributed by atoms with Gasteiger partial charge in [-0.2, -0.15) is 5.26 Å². The molecule has 0 radical (unpaired) electrons. The lowest BCUT2D eigenvalue weighted by Gasteiger charge is -2.07. The van der Waals surface area contributed by atoms with Crippen LogP contribution in [0.15, 0.2) is 23.1 Å². The van der Waals surface area contributed by atoms with Crippen molar-refractivity contribution in [1.29, 1.82) is 5.26 Å². The van der Waals surface area contributed by atoms with E-state index in [1.54, 1.807) is 0 Å². The first kappa shape index (κ1) is 16.0. The number of sulfonamides is 1. The van der Waals surface area contributed by atoms with Crippen molar-refractivity contribution >= 4 is 15.7 Å². The Kier molecular flexibility index (Phi) is 5.54. The Morgan fingerprint density at radius 3 is 2.65 bits per heavy atom. The van der Waals surface area contributed by atoms with E-state index in [9.17, 15) is 22.9 Å². The van der Waals surface area contributed by atoms with Crippen molar-refractivity contribution in [3.8, 4) is 6.07 Å². The van der Waals surface area contributed by atoms with Crippen LogP contribution in [0.4, 0.5) is 10.1 Å². The minimum atomic E-state index is -4.05. The molecule has 0 aliphatic carbocycles. The van der Waals surface area contributed by atoms with Crippen LogP contribution in [0.5, 0.6) is 0 Å². The Morgan fingerprint density at radius 2 is 2.10 bits per heavy atom. The molecule has 0 saturated carbocycles. The molecule has 0 saturated heterocycles. The van der Waals surface area contributed by atoms with Gasteiger partial charge >= 0.3 is 0 Å². The van der Waals surface area contributed by atoms with Crippen LogP contribution in [0.25, 0.3) is 0 Å². The summed E-state index contributed by atoms with van der Waals surface area (Å²) < 4.78 is 39.3. The van der Waals surface area contributed by atoms with Crippen LogP contribution in [0.3, 0.4) is 0 Å². The lowest BCUT2D eigenvalue weighted by Crippen LogP contribution is -2.25. The minimum absolute atomic E-state index is 0.0699. The topological polar surface area (TPSA) is 113 Å². The number of rotatable bonds is 7. The summed E-state index contributed by atoms with van der Waals surface area (Å²) in [6.07, 6.45) is 1.29. The average molecular weight is 301 g/mol. The van der Waals surface area contributed by atoms with Crippen molar-refractivity contribution in [3.05, 3.63) is 34.1 Å². The molecule has 9 heteroatoms. The average Bonchev–Trinajstić information content (AvgIpc) is 2.37. The first-order valence-electron chi connectivity index (χ1n) is 5.69. The highest BCUT2D eigenvalue weighted by Gasteiger charge is 2.21. The molecule has 0 fully saturated rings. The highest BCUT2D eigenvalue weighted by Crippen LogP contribution is 2.20. The quantitative estimate of drug-likeness (QED) is 0.468. The highest BCUT2D eigenvalue weighted by molar-refractivity contribution is 7.89. The van der Waals surface area contributed by atoms with E-state index in [4.69, 9.17) is 5.26 Å². The van der Waals surface area contributed by atoms with E-state index in [0.29, 0.717) is 25.3 Å². The number of nitrogens with one attached hydrogen (secondary N) is 1. The zero-order chi connectivity index (χ0) is 15.2. The van der Waals surface area contributed by atoms with Gasteiger partial charge in [0, 0.05) is 19.0 Å². The van der Waals surface area contributed by atoms with Gasteiger partial charge in [0.05, 0.1) is 17.1 Å². The van der Waals surface area contributed by atoms with E-state index in [1.165, 1.54) is 0 Å². The molecule has 0 spiro atoms. The number of nitro benzene ring substituents is 1. The largest absolute Gasteiger partial charge is 0.272 e. The maximum Gasteiger partial charge on any atom is 0.272 e. The maximum absolute atomic E-state index is 13.6. The maximum atomic E-state index is 13.6. The van der Waals surface area contributed by atoms with E-state index in [1.807, 2.05) is 6.07 Å². The van der Waals surface area contributed by atoms with Gasteiger partial charge < -0.3 is 0 Å². The fourth-order valence-corrected chi connectivity index (χ4v) is 2.57. The zero-order valence-electron chi connectivity index (χ0n) is 10.4. The summed E-state index contributed by atoms with van der Waals surface area (Å²) in [7, 11) is -4.05. The van der Waals surface area contributed by atoms with Crippen molar-refractivity contribution in [2.75, 3.05) is 6.54 Å². The van der Waals surface area contributed by atoms with Gasteiger partial charge in [-0.3, -0.25) is 10.1 Å². The Morgan fingerprint density at radius 1 is 1.40 bits per heavy atom. The second-order valence-electron chi connectivity index (χ2n) is 3.88. The molecule has 1 aromatic carbocycles. The molecule has 0 aliphatic rings. The fraction of sp³-hybridized carbons (Fsp3) is 0.364. The van der Waals surface area contributed by atoms with Gasteiger partial charge in [-0.05, 0) is 18.9 Å². The number of nitro groups is 1. The van der Waals surface area contributed by atoms with Crippen LogP contribution >= 0.6 is 0 Å². The van der Waals surface area contributed by atoms with Crippen molar-refractivity contribution < 1.29 is 17.7 Å². The lowest BCUT2D eigenvalue weighted by atomic mass is 10.2. The second kappa shape index (κ2) is 6.93. The molecule has 1 N–H and O–H groups in total. The highest BCUT2D eigenvalue weighted by atomic mass is 32.2. The van der Waals surface area contributed by atoms with Gasteiger partial charge in [0.25, 0.3) is 5.69 Å². The molecule has 0 aliphatic heterocycles. The van der Waals surface area contributed by atoms with Crippen LogP contribution in [0, 0.1) is 27.3 Å². The van der Waals surface area contributed by atoms with Crippen LogP contribution < -0.4 is 4.72 Å². The summed E-state index contributed by atoms with van der Waals surface area (Å²) >= 11 is 0. The summed E-state index contributed by atoms with van der Waals surface area (Å²) in [4.78, 5) is 8.99. The van der Waals surface area contributed by atoms with Gasteiger partial charge in [-0.25, -0.2) is 17.5 Å². The molecule has 0 amide bonds. The lowest BCUT2D eigenvalue weighted by molar-refractivity contribution is -0.385. The number of benzene rings is 1. The third-order valence-electron chi connectivity index (χ3n) is 2.42. The normalized spacial score (nSPS) is 11.0. The first-order valence-corrected chi connectivity index (χ1v) is 7.17. The number of hydrogen-bond acceptors (Lipinski definition) is 5. The fourth-order valence-electron chi connectivity index (χ4n) is 1.43. The molecule has 108 valence electrons. The Balaban J connectivity index is 2.78. The number of nitrogens with zero attached hydrogens (tertiary/aromatic N) is 2. The predicted molar refractivity (Wildman–Crippen MR) is 67.7 cm³/mol. The van der Waals surface area contributed by atoms with Gasteiger partial charge in [0.15, 0.2) is 0 Å². The molecular weight excluding hydrogens is 289 g/mol. The molecule has 0 unspecified atom stereocenters. The number of halogens is 1. The van der Waals surface area contributed by atoms with Gasteiger partial charge in [0.2, 0.25) is 10.0 Å². The number of nitriles is 1. The predicted octanol–water partition coefficient (Wildman–Crippen LogP) is 1.71. The smallest absolute Gasteiger partial charge is 0.258 e. The van der Waals surface area contributed by atoms with Crippen LogP contribution in [0.1, 0.15) is 19.3 Å². The van der Waals surface area contributed by atoms with E-state index in [-0.39, 0.29) is 6.54 Å². The van der Waals surface area contributed by atoms with E-state index < -0.39 is 31.3 Å². The molecule has 1 rings (SSSR count). The van der Waals surface area contributed by atoms with Gasteiger partial charge in [-0.1, -0.05) is 0 Å². The SMILES string of the molecule is N#CCCCCNS(=O)(=O)c1ccc([N+](=O)[O-])cc1F. The second-order valence-corrected chi connectivity index (χ2v) is 5.62. The third-order valence-corrected chi connectivity index (χ3v) is 3.92. The van der Waals surface area contributed by atoms with Gasteiger partial charge in [0.1, 0.15) is 10.7 Å². The van der Waals surface area contributed by atoms with Crippen LogP contribution in [0.2, 0.25) is 0 Å². The van der Waals surface area contributed by atoms with Crippen LogP contribution in [-0.4, -0.2) is 19.9 Å². The number of unbranched alkanes of at least 4 members (excludes halogenated alkanes) is 2. The summed E-state index contributed by atoms with van der Waals surface area (Å²) in [6.45, 7) is 0.0699. The van der Waals surface area contributed by atoms with Crippen molar-refractivity contribution in [1.82, 2.24) is 4.72 Å². The Bertz CT molecular complexity index is 640. The summed E-state index contributed by atoms with van der Waals surface area (Å²) in [5, 5.41) is 18.8. The number of hydrogen-bond donors (Lipinski definition) is 1. The molecule has 0 bridgehead atoms. The van der Waals surface area contributed by atoms with E-state index >= 15 is 0 Å². The molecule has 7 nitrogen and oxygen atoms in total. The van der Waals surface area contributed by atoms with Crippen molar-refractivity contribution in [2.24, 2.45) is 0 Å². The molecule has 0 heterocycles. The minimum Gasteiger partial charge on any atom is -0.258 e. The van der Waals surface area contributed by atoms with Crippen LogP contribution in [-0.2, 0) is 10.0 Å². The Hall–Kier alpha value is -2.05. The first-order chi connectivity index (χ1) is 9.38. The summed E-state index contributed by atoms with van der Waals surface area (Å²) in [6, 6.07) is 4.26.